The van der Waals surface area contributed by atoms with E-state index >= 15 is 0 Å². The van der Waals surface area contributed by atoms with Gasteiger partial charge in [-0.2, -0.15) is 0 Å². The lowest BCUT2D eigenvalue weighted by Crippen LogP contribution is -2.36. The molecule has 1 fully saturated rings. The van der Waals surface area contributed by atoms with Crippen LogP contribution in [-0.4, -0.2) is 18.5 Å². The van der Waals surface area contributed by atoms with Crippen LogP contribution < -0.4 is 10.6 Å². The van der Waals surface area contributed by atoms with Crippen LogP contribution in [0, 0.1) is 0 Å². The summed E-state index contributed by atoms with van der Waals surface area (Å²) in [6.45, 7) is 1.86. The fraction of sp³-hybridized carbons (Fsp3) is 0.588. The van der Waals surface area contributed by atoms with Crippen LogP contribution in [0.4, 0.5) is 0 Å². The molecule has 3 heteroatoms. The van der Waals surface area contributed by atoms with Gasteiger partial charge >= 0.3 is 0 Å². The molecule has 1 amide bonds. The van der Waals surface area contributed by atoms with Gasteiger partial charge in [0.15, 0.2) is 0 Å². The number of carbonyl (C=O) groups is 1. The molecule has 3 nitrogen and oxygen atoms in total. The van der Waals surface area contributed by atoms with Gasteiger partial charge in [-0.1, -0.05) is 37.8 Å². The van der Waals surface area contributed by atoms with Crippen molar-refractivity contribution in [3.05, 3.63) is 34.9 Å². The second-order valence-electron chi connectivity index (χ2n) is 6.03. The second-order valence-corrected chi connectivity index (χ2v) is 6.03. The standard InChI is InChI=1S/C17H24N2O/c20-17(19-14-7-3-1-2-4-8-14)16-9-5-6-13-12-18-11-10-15(13)16/h5-6,9,14,18H,1-4,7-8,10-12H2,(H,19,20). The van der Waals surface area contributed by atoms with Crippen LogP contribution in [0.3, 0.4) is 0 Å². The summed E-state index contributed by atoms with van der Waals surface area (Å²) in [7, 11) is 0. The van der Waals surface area contributed by atoms with Gasteiger partial charge in [-0.05, 0) is 43.0 Å². The highest BCUT2D eigenvalue weighted by Gasteiger charge is 2.20. The zero-order valence-corrected chi connectivity index (χ0v) is 12.1. The summed E-state index contributed by atoms with van der Waals surface area (Å²) in [6.07, 6.45) is 8.38. The van der Waals surface area contributed by atoms with Crippen molar-refractivity contribution in [1.29, 1.82) is 0 Å². The first-order valence-electron chi connectivity index (χ1n) is 7.97. The molecular weight excluding hydrogens is 248 g/mol. The fourth-order valence-corrected chi connectivity index (χ4v) is 3.43. The van der Waals surface area contributed by atoms with Crippen molar-refractivity contribution in [3.63, 3.8) is 0 Å². The maximum absolute atomic E-state index is 12.6. The van der Waals surface area contributed by atoms with E-state index in [1.54, 1.807) is 0 Å². The first kappa shape index (κ1) is 13.6. The molecule has 0 radical (unpaired) electrons. The SMILES string of the molecule is O=C(NC1CCCCCC1)c1cccc2c1CCNC2. The number of nitrogens with one attached hydrogen (secondary N) is 2. The van der Waals surface area contributed by atoms with E-state index in [0.29, 0.717) is 6.04 Å². The molecule has 2 aliphatic rings. The van der Waals surface area contributed by atoms with Crippen molar-refractivity contribution in [3.8, 4) is 0 Å². The Balaban J connectivity index is 1.73. The third-order valence-electron chi connectivity index (χ3n) is 4.58. The van der Waals surface area contributed by atoms with E-state index in [0.717, 1.165) is 37.9 Å². The normalized spacial score (nSPS) is 20.0. The van der Waals surface area contributed by atoms with Gasteiger partial charge in [0.05, 0.1) is 0 Å². The molecule has 0 aromatic heterocycles. The highest BCUT2D eigenvalue weighted by molar-refractivity contribution is 5.96. The average molecular weight is 272 g/mol. The monoisotopic (exact) mass is 272 g/mol. The van der Waals surface area contributed by atoms with E-state index in [1.165, 1.54) is 36.8 Å². The van der Waals surface area contributed by atoms with Crippen LogP contribution in [0.15, 0.2) is 18.2 Å². The Bertz CT molecular complexity index is 476. The van der Waals surface area contributed by atoms with E-state index in [1.807, 2.05) is 12.1 Å². The van der Waals surface area contributed by atoms with Gasteiger partial charge in [-0.25, -0.2) is 0 Å². The Morgan fingerprint density at radius 2 is 1.95 bits per heavy atom. The van der Waals surface area contributed by atoms with Gasteiger partial charge in [0.2, 0.25) is 0 Å². The van der Waals surface area contributed by atoms with Gasteiger partial charge in [-0.3, -0.25) is 4.79 Å². The van der Waals surface area contributed by atoms with Gasteiger partial charge in [0.1, 0.15) is 0 Å². The molecule has 0 unspecified atom stereocenters. The molecule has 1 aromatic rings. The molecule has 1 saturated carbocycles. The third-order valence-corrected chi connectivity index (χ3v) is 4.58. The first-order valence-corrected chi connectivity index (χ1v) is 7.97. The number of fused-ring (bicyclic) bond motifs is 1. The minimum atomic E-state index is 0.135. The highest BCUT2D eigenvalue weighted by Crippen LogP contribution is 2.21. The molecule has 0 bridgehead atoms. The Labute approximate surface area is 121 Å². The Morgan fingerprint density at radius 3 is 2.75 bits per heavy atom. The summed E-state index contributed by atoms with van der Waals surface area (Å²) >= 11 is 0. The van der Waals surface area contributed by atoms with Crippen molar-refractivity contribution >= 4 is 5.91 Å². The summed E-state index contributed by atoms with van der Waals surface area (Å²) in [5.41, 5.74) is 3.43. The Kier molecular flexibility index (Phi) is 4.36. The lowest BCUT2D eigenvalue weighted by Gasteiger charge is -2.22. The van der Waals surface area contributed by atoms with E-state index < -0.39 is 0 Å². The maximum Gasteiger partial charge on any atom is 0.251 e. The number of amides is 1. The zero-order chi connectivity index (χ0) is 13.8. The molecule has 0 atom stereocenters. The van der Waals surface area contributed by atoms with Crippen LogP contribution in [0.5, 0.6) is 0 Å². The van der Waals surface area contributed by atoms with E-state index in [2.05, 4.69) is 16.7 Å². The lowest BCUT2D eigenvalue weighted by molar-refractivity contribution is 0.0932. The topological polar surface area (TPSA) is 41.1 Å². The van der Waals surface area contributed by atoms with Crippen LogP contribution >= 0.6 is 0 Å². The third kappa shape index (κ3) is 3.04. The maximum atomic E-state index is 12.6. The summed E-state index contributed by atoms with van der Waals surface area (Å²) in [4.78, 5) is 12.6. The quantitative estimate of drug-likeness (QED) is 0.813. The molecule has 0 spiro atoms. The number of benzene rings is 1. The van der Waals surface area contributed by atoms with Gasteiger partial charge in [0.25, 0.3) is 5.91 Å². The van der Waals surface area contributed by atoms with Gasteiger partial charge in [0, 0.05) is 18.2 Å². The number of hydrogen-bond donors (Lipinski definition) is 2. The molecule has 1 aliphatic heterocycles. The summed E-state index contributed by atoms with van der Waals surface area (Å²) in [5.74, 6) is 0.135. The molecule has 1 aliphatic carbocycles. The van der Waals surface area contributed by atoms with Crippen LogP contribution in [0.1, 0.15) is 60.0 Å². The van der Waals surface area contributed by atoms with Crippen LogP contribution in [0.25, 0.3) is 0 Å². The van der Waals surface area contributed by atoms with Crippen molar-refractivity contribution in [1.82, 2.24) is 10.6 Å². The number of hydrogen-bond acceptors (Lipinski definition) is 2. The summed E-state index contributed by atoms with van der Waals surface area (Å²) in [6, 6.07) is 6.50. The fourth-order valence-electron chi connectivity index (χ4n) is 3.43. The zero-order valence-electron chi connectivity index (χ0n) is 12.1. The Hall–Kier alpha value is -1.35. The van der Waals surface area contributed by atoms with Gasteiger partial charge < -0.3 is 10.6 Å². The molecule has 1 aromatic carbocycles. The van der Waals surface area contributed by atoms with Crippen molar-refractivity contribution < 1.29 is 4.79 Å². The van der Waals surface area contributed by atoms with E-state index in [-0.39, 0.29) is 5.91 Å². The average Bonchev–Trinajstić information content (AvgIpc) is 2.75. The minimum Gasteiger partial charge on any atom is -0.349 e. The molecule has 0 saturated heterocycles. The number of rotatable bonds is 2. The molecule has 1 heterocycles. The minimum absolute atomic E-state index is 0.135. The summed E-state index contributed by atoms with van der Waals surface area (Å²) in [5, 5.41) is 6.63. The van der Waals surface area contributed by atoms with Crippen molar-refractivity contribution in [2.45, 2.75) is 57.5 Å². The van der Waals surface area contributed by atoms with E-state index in [9.17, 15) is 4.79 Å². The smallest absolute Gasteiger partial charge is 0.251 e. The largest absolute Gasteiger partial charge is 0.349 e. The van der Waals surface area contributed by atoms with Gasteiger partial charge in [-0.15, -0.1) is 0 Å². The molecule has 20 heavy (non-hydrogen) atoms. The number of carbonyl (C=O) groups excluding carboxylic acids is 1. The molecule has 3 rings (SSSR count). The lowest BCUT2D eigenvalue weighted by atomic mass is 9.94. The first-order chi connectivity index (χ1) is 9.84. The molecular formula is C17H24N2O. The summed E-state index contributed by atoms with van der Waals surface area (Å²) < 4.78 is 0. The predicted molar refractivity (Wildman–Crippen MR) is 80.8 cm³/mol. The predicted octanol–water partition coefficient (Wildman–Crippen LogP) is 2.78. The van der Waals surface area contributed by atoms with E-state index in [4.69, 9.17) is 0 Å². The molecule has 108 valence electrons. The van der Waals surface area contributed by atoms with Crippen molar-refractivity contribution in [2.24, 2.45) is 0 Å². The molecule has 2 N–H and O–H groups in total. The van der Waals surface area contributed by atoms with Crippen LogP contribution in [0.2, 0.25) is 0 Å². The second kappa shape index (κ2) is 6.40. The highest BCUT2D eigenvalue weighted by atomic mass is 16.1. The van der Waals surface area contributed by atoms with Crippen molar-refractivity contribution in [2.75, 3.05) is 6.54 Å². The Morgan fingerprint density at radius 1 is 1.15 bits per heavy atom. The van der Waals surface area contributed by atoms with Crippen LogP contribution in [-0.2, 0) is 13.0 Å².